The van der Waals surface area contributed by atoms with E-state index < -0.39 is 5.97 Å². The molecule has 6 nitrogen and oxygen atoms in total. The lowest BCUT2D eigenvalue weighted by atomic mass is 10.1. The van der Waals surface area contributed by atoms with Crippen LogP contribution in [0.3, 0.4) is 0 Å². The van der Waals surface area contributed by atoms with Crippen molar-refractivity contribution < 1.29 is 28.6 Å². The molecule has 0 aromatic rings. The van der Waals surface area contributed by atoms with E-state index in [9.17, 15) is 9.90 Å². The average molecular weight is 319 g/mol. The highest BCUT2D eigenvalue weighted by Crippen LogP contribution is 2.15. The van der Waals surface area contributed by atoms with Crippen LogP contribution in [0.15, 0.2) is 0 Å². The van der Waals surface area contributed by atoms with E-state index in [0.717, 1.165) is 6.61 Å². The molecule has 0 aromatic carbocycles. The lowest BCUT2D eigenvalue weighted by Crippen LogP contribution is -2.49. The first kappa shape index (κ1) is 21.3. The van der Waals surface area contributed by atoms with Gasteiger partial charge in [-0.3, -0.25) is 0 Å². The zero-order chi connectivity index (χ0) is 16.7. The Morgan fingerprint density at radius 3 is 2.23 bits per heavy atom. The van der Waals surface area contributed by atoms with Crippen molar-refractivity contribution in [2.24, 2.45) is 0 Å². The molecule has 0 spiro atoms. The Labute approximate surface area is 134 Å². The Hall–Kier alpha value is -0.690. The summed E-state index contributed by atoms with van der Waals surface area (Å²) < 4.78 is 16.2. The topological polar surface area (TPSA) is 67.8 Å². The lowest BCUT2D eigenvalue weighted by molar-refractivity contribution is -0.914. The first-order valence-corrected chi connectivity index (χ1v) is 8.22. The second kappa shape index (κ2) is 13.9. The number of hydrogen-bond donors (Lipinski definition) is 0. The normalized spacial score (nSPS) is 16.7. The summed E-state index contributed by atoms with van der Waals surface area (Å²) in [4.78, 5) is 9.87. The van der Waals surface area contributed by atoms with Crippen LogP contribution < -0.4 is 5.11 Å². The van der Waals surface area contributed by atoms with Gasteiger partial charge in [-0.25, -0.2) is 0 Å². The van der Waals surface area contributed by atoms with Crippen molar-refractivity contribution >= 4 is 5.97 Å². The number of nitrogens with zero attached hydrogens (tertiary/aromatic N) is 1. The number of methoxy groups -OCH3 is 1. The molecule has 0 aliphatic carbocycles. The molecular weight excluding hydrogens is 286 g/mol. The van der Waals surface area contributed by atoms with Gasteiger partial charge in [-0.2, -0.15) is 0 Å². The van der Waals surface area contributed by atoms with Gasteiger partial charge < -0.3 is 28.6 Å². The highest BCUT2D eigenvalue weighted by Gasteiger charge is 2.23. The Balaban J connectivity index is 0.000000401. The maximum atomic E-state index is 9.87. The van der Waals surface area contributed by atoms with Crippen LogP contribution in [-0.4, -0.2) is 77.3 Å². The van der Waals surface area contributed by atoms with Crippen molar-refractivity contribution in [2.75, 3.05) is 66.8 Å². The molecule has 0 unspecified atom stereocenters. The lowest BCUT2D eigenvalue weighted by Gasteiger charge is -2.37. The zero-order valence-electron chi connectivity index (χ0n) is 14.5. The molecule has 0 aromatic heterocycles. The molecule has 0 bridgehead atoms. The largest absolute Gasteiger partial charge is 0.550 e. The minimum Gasteiger partial charge on any atom is -0.550 e. The number of piperidine rings is 1. The Kier molecular flexibility index (Phi) is 13.5. The van der Waals surface area contributed by atoms with E-state index in [2.05, 4.69) is 7.05 Å². The van der Waals surface area contributed by atoms with Crippen LogP contribution in [0.25, 0.3) is 0 Å². The van der Waals surface area contributed by atoms with Crippen LogP contribution in [0, 0.1) is 0 Å². The third-order valence-corrected chi connectivity index (χ3v) is 3.76. The molecule has 6 heteroatoms. The number of hydrogen-bond acceptors (Lipinski definition) is 5. The van der Waals surface area contributed by atoms with E-state index in [4.69, 9.17) is 14.2 Å². The standard InChI is InChI=1S/C9H20NO.C7H14O4/c1-10(8-9-11-2)6-4-3-5-7-10;1-2-10-5-6-11-4-3-7(8)9/h3-9H2,1-2H3;2-6H2,1H3,(H,8,9)/q+1;/p-1. The summed E-state index contributed by atoms with van der Waals surface area (Å²) in [5.41, 5.74) is 0. The fraction of sp³-hybridized carbons (Fsp3) is 0.938. The number of carboxylic acids is 1. The summed E-state index contributed by atoms with van der Waals surface area (Å²) >= 11 is 0. The third-order valence-electron chi connectivity index (χ3n) is 3.76. The summed E-state index contributed by atoms with van der Waals surface area (Å²) in [6.45, 7) is 8.52. The van der Waals surface area contributed by atoms with Gasteiger partial charge in [0, 0.05) is 26.1 Å². The van der Waals surface area contributed by atoms with E-state index in [1.807, 2.05) is 6.92 Å². The van der Waals surface area contributed by atoms with Gasteiger partial charge in [0.05, 0.1) is 46.6 Å². The quantitative estimate of drug-likeness (QED) is 0.432. The molecule has 0 amide bonds. The Morgan fingerprint density at radius 1 is 1.05 bits per heavy atom. The number of quaternary nitrogens is 1. The summed E-state index contributed by atoms with van der Waals surface area (Å²) in [5, 5.41) is 9.87. The van der Waals surface area contributed by atoms with Crippen molar-refractivity contribution in [1.82, 2.24) is 0 Å². The number of likely N-dealkylation sites (tertiary alicyclic amines) is 1. The van der Waals surface area contributed by atoms with Gasteiger partial charge in [-0.1, -0.05) is 0 Å². The number of carbonyl (C=O) groups is 1. The SMILES string of the molecule is CCOCCOCCC(=O)[O-].COCC[N+]1(C)CCCCC1. The van der Waals surface area contributed by atoms with Crippen LogP contribution in [0.5, 0.6) is 0 Å². The van der Waals surface area contributed by atoms with E-state index in [-0.39, 0.29) is 13.0 Å². The number of likely N-dealkylation sites (N-methyl/N-ethyl adjacent to an activating group) is 1. The number of carboxylic acid groups (broad SMARTS) is 1. The van der Waals surface area contributed by atoms with Crippen LogP contribution in [0.1, 0.15) is 32.6 Å². The zero-order valence-corrected chi connectivity index (χ0v) is 14.5. The van der Waals surface area contributed by atoms with Crippen molar-refractivity contribution in [3.8, 4) is 0 Å². The van der Waals surface area contributed by atoms with Crippen LogP contribution >= 0.6 is 0 Å². The number of rotatable bonds is 10. The predicted molar refractivity (Wildman–Crippen MR) is 83.4 cm³/mol. The average Bonchev–Trinajstić information content (AvgIpc) is 2.50. The van der Waals surface area contributed by atoms with E-state index >= 15 is 0 Å². The van der Waals surface area contributed by atoms with Crippen molar-refractivity contribution in [2.45, 2.75) is 32.6 Å². The Morgan fingerprint density at radius 2 is 1.68 bits per heavy atom. The number of ether oxygens (including phenoxy) is 3. The monoisotopic (exact) mass is 319 g/mol. The summed E-state index contributed by atoms with van der Waals surface area (Å²) in [6, 6.07) is 0. The van der Waals surface area contributed by atoms with Gasteiger partial charge >= 0.3 is 0 Å². The second-order valence-corrected chi connectivity index (χ2v) is 5.78. The van der Waals surface area contributed by atoms with Gasteiger partial charge in [0.15, 0.2) is 0 Å². The Bertz CT molecular complexity index is 267. The molecule has 1 aliphatic heterocycles. The molecule has 1 heterocycles. The highest BCUT2D eigenvalue weighted by atomic mass is 16.5. The number of aliphatic carboxylic acids is 1. The molecule has 132 valence electrons. The van der Waals surface area contributed by atoms with E-state index in [0.29, 0.717) is 19.8 Å². The summed E-state index contributed by atoms with van der Waals surface area (Å²) in [6.07, 6.45) is 4.19. The molecule has 0 atom stereocenters. The van der Waals surface area contributed by atoms with Gasteiger partial charge in [0.1, 0.15) is 6.54 Å². The first-order valence-electron chi connectivity index (χ1n) is 8.22. The molecule has 0 N–H and O–H groups in total. The van der Waals surface area contributed by atoms with Crippen molar-refractivity contribution in [3.63, 3.8) is 0 Å². The first-order chi connectivity index (χ1) is 10.5. The van der Waals surface area contributed by atoms with Crippen molar-refractivity contribution in [3.05, 3.63) is 0 Å². The minimum absolute atomic E-state index is 0.0495. The van der Waals surface area contributed by atoms with Gasteiger partial charge in [0.25, 0.3) is 0 Å². The van der Waals surface area contributed by atoms with Gasteiger partial charge in [-0.05, 0) is 26.2 Å². The fourth-order valence-corrected chi connectivity index (χ4v) is 2.33. The maximum Gasteiger partial charge on any atom is 0.102 e. The van der Waals surface area contributed by atoms with Gasteiger partial charge in [-0.15, -0.1) is 0 Å². The molecule has 1 saturated heterocycles. The van der Waals surface area contributed by atoms with Crippen LogP contribution in [-0.2, 0) is 19.0 Å². The molecular formula is C16H33NO5. The van der Waals surface area contributed by atoms with Crippen LogP contribution in [0.4, 0.5) is 0 Å². The van der Waals surface area contributed by atoms with Crippen molar-refractivity contribution in [1.29, 1.82) is 0 Å². The molecule has 1 rings (SSSR count). The van der Waals surface area contributed by atoms with E-state index in [1.165, 1.54) is 43.4 Å². The molecule has 1 fully saturated rings. The van der Waals surface area contributed by atoms with E-state index in [1.54, 1.807) is 7.11 Å². The third kappa shape index (κ3) is 13.0. The fourth-order valence-electron chi connectivity index (χ4n) is 2.33. The molecule has 0 radical (unpaired) electrons. The predicted octanol–water partition coefficient (Wildman–Crippen LogP) is 0.443. The second-order valence-electron chi connectivity index (χ2n) is 5.78. The summed E-state index contributed by atoms with van der Waals surface area (Å²) in [5.74, 6) is -1.08. The molecule has 22 heavy (non-hydrogen) atoms. The number of carbonyl (C=O) groups excluding carboxylic acids is 1. The van der Waals surface area contributed by atoms with Gasteiger partial charge in [0.2, 0.25) is 0 Å². The maximum absolute atomic E-state index is 9.87. The van der Waals surface area contributed by atoms with Crippen LogP contribution in [0.2, 0.25) is 0 Å². The minimum atomic E-state index is -1.08. The smallest absolute Gasteiger partial charge is 0.102 e. The summed E-state index contributed by atoms with van der Waals surface area (Å²) in [7, 11) is 4.13. The molecule has 0 saturated carbocycles. The molecule has 1 aliphatic rings. The highest BCUT2D eigenvalue weighted by molar-refractivity contribution is 5.64.